The molecule has 0 radical (unpaired) electrons. The van der Waals surface area contributed by atoms with Crippen LogP contribution >= 0.6 is 0 Å². The van der Waals surface area contributed by atoms with Crippen molar-refractivity contribution in [3.05, 3.63) is 0 Å². The first-order valence-electron chi connectivity index (χ1n) is 5.92. The number of hydrogen-bond acceptors (Lipinski definition) is 3. The lowest BCUT2D eigenvalue weighted by Crippen LogP contribution is -2.38. The number of carbonyl (C=O) groups is 1. The Labute approximate surface area is 100 Å². The van der Waals surface area contributed by atoms with Gasteiger partial charge in [0.05, 0.1) is 12.2 Å². The van der Waals surface area contributed by atoms with Crippen LogP contribution in [0.25, 0.3) is 0 Å². The molecule has 0 aromatic heterocycles. The summed E-state index contributed by atoms with van der Waals surface area (Å²) in [6, 6.07) is -0.0660. The van der Waals surface area contributed by atoms with E-state index in [0.29, 0.717) is 5.75 Å². The van der Waals surface area contributed by atoms with Gasteiger partial charge in [0.1, 0.15) is 0 Å². The Hall–Kier alpha value is -0.420. The standard InChI is InChI=1S/C11H22N2O2S/c1-4-6-10-12-9(2)11(14)13(10)7-5-8-16(3)15/h9-10,12H,4-8H2,1-3H3. The van der Waals surface area contributed by atoms with Gasteiger partial charge in [0.25, 0.3) is 0 Å². The van der Waals surface area contributed by atoms with Crippen molar-refractivity contribution < 1.29 is 9.00 Å². The fraction of sp³-hybridized carbons (Fsp3) is 0.909. The molecule has 5 heteroatoms. The molecule has 3 unspecified atom stereocenters. The fourth-order valence-electron chi connectivity index (χ4n) is 2.07. The van der Waals surface area contributed by atoms with E-state index >= 15 is 0 Å². The van der Waals surface area contributed by atoms with Crippen molar-refractivity contribution in [2.75, 3.05) is 18.6 Å². The molecular formula is C11H22N2O2S. The Morgan fingerprint density at radius 2 is 2.19 bits per heavy atom. The highest BCUT2D eigenvalue weighted by atomic mass is 32.2. The molecule has 1 saturated heterocycles. The largest absolute Gasteiger partial charge is 0.326 e. The minimum absolute atomic E-state index is 0.0660. The highest BCUT2D eigenvalue weighted by Gasteiger charge is 2.34. The van der Waals surface area contributed by atoms with E-state index in [9.17, 15) is 9.00 Å². The third-order valence-electron chi connectivity index (χ3n) is 2.87. The summed E-state index contributed by atoms with van der Waals surface area (Å²) in [4.78, 5) is 13.8. The van der Waals surface area contributed by atoms with Crippen molar-refractivity contribution in [2.24, 2.45) is 0 Å². The summed E-state index contributed by atoms with van der Waals surface area (Å²) in [6.45, 7) is 4.75. The summed E-state index contributed by atoms with van der Waals surface area (Å²) in [5.41, 5.74) is 0. The van der Waals surface area contributed by atoms with Crippen LogP contribution in [0.5, 0.6) is 0 Å². The van der Waals surface area contributed by atoms with Gasteiger partial charge in [0.2, 0.25) is 5.91 Å². The molecule has 0 aliphatic carbocycles. The smallest absolute Gasteiger partial charge is 0.240 e. The molecule has 4 nitrogen and oxygen atoms in total. The van der Waals surface area contributed by atoms with E-state index in [0.717, 1.165) is 25.8 Å². The zero-order valence-corrected chi connectivity index (χ0v) is 11.2. The molecule has 1 amide bonds. The van der Waals surface area contributed by atoms with Crippen molar-refractivity contribution in [3.63, 3.8) is 0 Å². The molecular weight excluding hydrogens is 224 g/mol. The van der Waals surface area contributed by atoms with Gasteiger partial charge in [0, 0.05) is 29.4 Å². The van der Waals surface area contributed by atoms with Crippen molar-refractivity contribution >= 4 is 16.7 Å². The number of amides is 1. The fourth-order valence-corrected chi connectivity index (χ4v) is 2.60. The Balaban J connectivity index is 2.46. The molecule has 1 fully saturated rings. The van der Waals surface area contributed by atoms with Crippen LogP contribution in [0.1, 0.15) is 33.1 Å². The van der Waals surface area contributed by atoms with Crippen molar-refractivity contribution in [1.29, 1.82) is 0 Å². The van der Waals surface area contributed by atoms with Gasteiger partial charge in [-0.15, -0.1) is 0 Å². The molecule has 1 rings (SSSR count). The summed E-state index contributed by atoms with van der Waals surface area (Å²) >= 11 is 0. The summed E-state index contributed by atoms with van der Waals surface area (Å²) in [6.07, 6.45) is 4.76. The number of nitrogens with zero attached hydrogens (tertiary/aromatic N) is 1. The molecule has 0 spiro atoms. The van der Waals surface area contributed by atoms with Crippen LogP contribution in [0.3, 0.4) is 0 Å². The molecule has 1 aliphatic heterocycles. The number of nitrogens with one attached hydrogen (secondary N) is 1. The molecule has 94 valence electrons. The third kappa shape index (κ3) is 3.56. The number of carbonyl (C=O) groups excluding carboxylic acids is 1. The van der Waals surface area contributed by atoms with Gasteiger partial charge < -0.3 is 4.90 Å². The van der Waals surface area contributed by atoms with Gasteiger partial charge in [-0.1, -0.05) is 13.3 Å². The molecule has 0 aromatic rings. The zero-order valence-electron chi connectivity index (χ0n) is 10.4. The van der Waals surface area contributed by atoms with Gasteiger partial charge in [-0.3, -0.25) is 14.3 Å². The first kappa shape index (κ1) is 13.6. The van der Waals surface area contributed by atoms with E-state index < -0.39 is 10.8 Å². The minimum Gasteiger partial charge on any atom is -0.326 e. The van der Waals surface area contributed by atoms with Gasteiger partial charge >= 0.3 is 0 Å². The molecule has 1 aliphatic rings. The average molecular weight is 246 g/mol. The highest BCUT2D eigenvalue weighted by molar-refractivity contribution is 7.84. The maximum Gasteiger partial charge on any atom is 0.240 e. The van der Waals surface area contributed by atoms with Crippen molar-refractivity contribution in [1.82, 2.24) is 10.2 Å². The average Bonchev–Trinajstić information content (AvgIpc) is 2.46. The van der Waals surface area contributed by atoms with Crippen LogP contribution in [-0.2, 0) is 15.6 Å². The second-order valence-electron chi connectivity index (χ2n) is 4.36. The van der Waals surface area contributed by atoms with Gasteiger partial charge in [-0.2, -0.15) is 0 Å². The Kier molecular flexibility index (Phi) is 5.41. The Morgan fingerprint density at radius 1 is 1.50 bits per heavy atom. The summed E-state index contributed by atoms with van der Waals surface area (Å²) in [5, 5.41) is 3.29. The van der Waals surface area contributed by atoms with Crippen LogP contribution in [-0.4, -0.2) is 45.8 Å². The minimum atomic E-state index is -0.759. The summed E-state index contributed by atoms with van der Waals surface area (Å²) in [7, 11) is -0.759. The van der Waals surface area contributed by atoms with Gasteiger partial charge in [0.15, 0.2) is 0 Å². The van der Waals surface area contributed by atoms with E-state index in [2.05, 4.69) is 12.2 Å². The normalized spacial score (nSPS) is 27.4. The number of rotatable bonds is 6. The van der Waals surface area contributed by atoms with E-state index in [1.807, 2.05) is 11.8 Å². The van der Waals surface area contributed by atoms with Gasteiger partial charge in [-0.05, 0) is 19.8 Å². The highest BCUT2D eigenvalue weighted by Crippen LogP contribution is 2.15. The monoisotopic (exact) mass is 246 g/mol. The van der Waals surface area contributed by atoms with E-state index in [-0.39, 0.29) is 18.1 Å². The first-order valence-corrected chi connectivity index (χ1v) is 7.65. The molecule has 0 aromatic carbocycles. The molecule has 0 saturated carbocycles. The SMILES string of the molecule is CCCC1NC(C)C(=O)N1CCCS(C)=O. The van der Waals surface area contributed by atoms with Crippen molar-refractivity contribution in [2.45, 2.75) is 45.3 Å². The van der Waals surface area contributed by atoms with Crippen LogP contribution < -0.4 is 5.32 Å². The van der Waals surface area contributed by atoms with Gasteiger partial charge in [-0.25, -0.2) is 0 Å². The maximum absolute atomic E-state index is 11.9. The Bertz CT molecular complexity index is 271. The molecule has 1 heterocycles. The second kappa shape index (κ2) is 6.35. The van der Waals surface area contributed by atoms with Crippen LogP contribution in [0.4, 0.5) is 0 Å². The summed E-state index contributed by atoms with van der Waals surface area (Å²) in [5.74, 6) is 0.858. The third-order valence-corrected chi connectivity index (χ3v) is 3.73. The van der Waals surface area contributed by atoms with Crippen molar-refractivity contribution in [3.8, 4) is 0 Å². The van der Waals surface area contributed by atoms with Crippen LogP contribution in [0.15, 0.2) is 0 Å². The topological polar surface area (TPSA) is 49.4 Å². The lowest BCUT2D eigenvalue weighted by atomic mass is 10.2. The molecule has 1 N–H and O–H groups in total. The Morgan fingerprint density at radius 3 is 2.75 bits per heavy atom. The van der Waals surface area contributed by atoms with Crippen LogP contribution in [0, 0.1) is 0 Å². The predicted octanol–water partition coefficient (Wildman–Crippen LogP) is 0.702. The quantitative estimate of drug-likeness (QED) is 0.750. The lowest BCUT2D eigenvalue weighted by Gasteiger charge is -2.23. The maximum atomic E-state index is 11.9. The number of hydrogen-bond donors (Lipinski definition) is 1. The molecule has 16 heavy (non-hydrogen) atoms. The first-order chi connectivity index (χ1) is 7.56. The molecule has 3 atom stereocenters. The second-order valence-corrected chi connectivity index (χ2v) is 5.91. The van der Waals surface area contributed by atoms with E-state index in [4.69, 9.17) is 0 Å². The lowest BCUT2D eigenvalue weighted by molar-refractivity contribution is -0.129. The van der Waals surface area contributed by atoms with E-state index in [1.54, 1.807) is 6.26 Å². The van der Waals surface area contributed by atoms with E-state index in [1.165, 1.54) is 0 Å². The zero-order chi connectivity index (χ0) is 12.1. The summed E-state index contributed by atoms with van der Waals surface area (Å²) < 4.78 is 11.0. The van der Waals surface area contributed by atoms with Crippen LogP contribution in [0.2, 0.25) is 0 Å². The molecule has 0 bridgehead atoms. The predicted molar refractivity (Wildman–Crippen MR) is 66.6 cm³/mol.